The lowest BCUT2D eigenvalue weighted by molar-refractivity contribution is -0.134. The van der Waals surface area contributed by atoms with Gasteiger partial charge in [-0.3, -0.25) is 37.8 Å². The SMILES string of the molecule is CC(=O)Cn1ncc(-c2cc(F)c(OCc3ccccc3)cc2F)n1.CC(C)(C)OC(=O)N1CCN(C(=O)Cn2ncc(-c3cc(F)c(OCc4ccccc4)cc3F)n2)CC1.CC(C)(C)OC(=O)N1CCN(CCn2ncc(-c3cc(F)c(OCc4nnc(SC5C=CCCC5)n4-c4cccnc4)cc3F)n2)CC1.CCCOS(C)(=O)=O.CCc1nnc(SC2C=CCCC2)n1-c1cccnc1. The van der Waals surface area contributed by atoms with Gasteiger partial charge in [-0.2, -0.15) is 53.4 Å². The van der Waals surface area contributed by atoms with Gasteiger partial charge in [-0.05, 0) is 147 Å². The highest BCUT2D eigenvalue weighted by molar-refractivity contribution is 8.00. The number of ketones is 1. The predicted octanol–water partition coefficient (Wildman–Crippen LogP) is 16.6. The Bertz CT molecular complexity index is 6190. The van der Waals surface area contributed by atoms with Crippen LogP contribution < -0.4 is 14.2 Å². The molecule has 2 unspecified atom stereocenters. The second-order valence-corrected chi connectivity index (χ2v) is 38.2. The first kappa shape index (κ1) is 104. The molecule has 12 aromatic rings. The number of halogens is 6. The Hall–Kier alpha value is -13.2. The second kappa shape index (κ2) is 49.7. The third-order valence-electron chi connectivity index (χ3n) is 20.9. The van der Waals surface area contributed by atoms with Crippen LogP contribution >= 0.6 is 23.5 Å². The molecule has 5 aromatic carbocycles. The predicted molar refractivity (Wildman–Crippen MR) is 505 cm³/mol. The van der Waals surface area contributed by atoms with Crippen molar-refractivity contribution in [1.82, 2.24) is 104 Å². The summed E-state index contributed by atoms with van der Waals surface area (Å²) in [5, 5.41) is 44.5. The smallest absolute Gasteiger partial charge is 0.410 e. The first-order chi connectivity index (χ1) is 66.2. The van der Waals surface area contributed by atoms with Crippen molar-refractivity contribution in [2.45, 2.75) is 185 Å². The Labute approximate surface area is 804 Å². The molecule has 9 heterocycles. The fourth-order valence-corrected chi connectivity index (χ4v) is 16.8. The Morgan fingerprint density at radius 3 is 1.28 bits per heavy atom. The van der Waals surface area contributed by atoms with Crippen molar-refractivity contribution in [1.29, 1.82) is 0 Å². The van der Waals surface area contributed by atoms with Crippen LogP contribution in [0.15, 0.2) is 199 Å². The second-order valence-electron chi connectivity index (χ2n) is 34.1. The van der Waals surface area contributed by atoms with Gasteiger partial charge in [-0.25, -0.2) is 35.9 Å². The van der Waals surface area contributed by atoms with Gasteiger partial charge in [0.25, 0.3) is 10.1 Å². The van der Waals surface area contributed by atoms with Crippen LogP contribution in [0.3, 0.4) is 0 Å². The lowest BCUT2D eigenvalue weighted by Crippen LogP contribution is -2.52. The number of aryl methyl sites for hydroxylation is 1. The maximum Gasteiger partial charge on any atom is 0.410 e. The standard InChI is InChI=1S/C33H39F2N9O3S.C26H29F2N5O4.C18H15F2N3O2.C15H18N4S.C4H10O3S/c1-33(2,3)47-32(45)42-15-12-41(13-16-42)14-17-43-37-21-28(40-43)25-18-27(35)29(19-26(25)34)46-22-30-38-39-31(48-24-9-5-4-6-10-24)44(30)23-8-7-11-36-20-23;1-26(2,3)37-25(35)32-11-9-31(10-12-32)24(34)16-33-29-15-22(30-33)19-13-21(28)23(14-20(19)27)36-17-18-7-5-4-6-8-18;1-12(24)10-23-21-9-17(22-23)14-7-16(20)18(8-15(14)19)25-11-13-5-3-2-4-6-13;1-2-14-17-18-15(20-13-8-4-3-5-9-13)19(14)12-7-6-10-16-11-12;1-3-4-7-8(2,5)6/h5,7-9,11,18-21,24H,4,6,10,12-17,22H2,1-3H3;4-8,13-15H,9-12,16-17H2,1-3H3;2-9H,10-11H2,1H3;4,6-8,10-11,13H,2-3,5,9H2,1H3;3-4H2,1-2H3. The summed E-state index contributed by atoms with van der Waals surface area (Å²) in [6, 6.07) is 32.1. The molecule has 3 amide bonds. The topological polar surface area (TPSA) is 350 Å². The van der Waals surface area contributed by atoms with Crippen LogP contribution in [0.25, 0.3) is 45.1 Å². The van der Waals surface area contributed by atoms with Gasteiger partial charge in [-0.1, -0.05) is 122 Å². The van der Waals surface area contributed by atoms with Crippen molar-refractivity contribution in [3.63, 3.8) is 0 Å². The fourth-order valence-electron chi connectivity index (χ4n) is 14.1. The summed E-state index contributed by atoms with van der Waals surface area (Å²) in [7, 11) is -3.19. The molecule has 4 aliphatic rings. The molecule has 138 heavy (non-hydrogen) atoms. The number of piperazine rings is 2. The number of Topliss-reactive ketones (excluding diaryl/α,β-unsaturated/α-hetero) is 1. The monoisotopic (exact) mass is 1960 g/mol. The van der Waals surface area contributed by atoms with Crippen LogP contribution in [-0.4, -0.2) is 230 Å². The summed E-state index contributed by atoms with van der Waals surface area (Å²) >= 11 is 3.40. The number of nitrogens with zero attached hydrogens (tertiary/aromatic N) is 21. The average Bonchev–Trinajstić information content (AvgIpc) is 1.60. The number of carbonyl (C=O) groups is 4. The summed E-state index contributed by atoms with van der Waals surface area (Å²) in [6.45, 7) is 21.4. The number of ether oxygens (including phenoxy) is 5. The minimum atomic E-state index is -3.19. The molecular weight excluding hydrogens is 1850 g/mol. The number of amides is 3. The largest absolute Gasteiger partial charge is 0.486 e. The maximum absolute atomic E-state index is 15.3. The molecule has 2 aliphatic heterocycles. The Balaban J connectivity index is 0.000000168. The molecule has 2 atom stereocenters. The van der Waals surface area contributed by atoms with E-state index in [1.807, 2.05) is 117 Å². The summed E-state index contributed by atoms with van der Waals surface area (Å²) in [6.07, 6.45) is 28.7. The summed E-state index contributed by atoms with van der Waals surface area (Å²) in [5.41, 5.74) is 2.63. The molecule has 0 N–H and O–H groups in total. The molecule has 2 saturated heterocycles. The van der Waals surface area contributed by atoms with Gasteiger partial charge in [0.05, 0.1) is 61.8 Å². The van der Waals surface area contributed by atoms with Crippen molar-refractivity contribution >= 4 is 57.5 Å². The van der Waals surface area contributed by atoms with Gasteiger partial charge in [0.15, 0.2) is 56.6 Å². The van der Waals surface area contributed by atoms with Crippen LogP contribution in [0, 0.1) is 34.9 Å². The quantitative estimate of drug-likeness (QED) is 0.0239. The van der Waals surface area contributed by atoms with E-state index < -0.39 is 62.3 Å². The number of benzene rings is 5. The average molecular weight is 1960 g/mol. The number of carbonyl (C=O) groups excluding carboxylic acids is 4. The van der Waals surface area contributed by atoms with Crippen LogP contribution in [0.1, 0.15) is 130 Å². The van der Waals surface area contributed by atoms with E-state index in [4.69, 9.17) is 23.7 Å². The van der Waals surface area contributed by atoms with E-state index in [9.17, 15) is 45.2 Å². The van der Waals surface area contributed by atoms with Gasteiger partial charge in [0.1, 0.15) is 84.5 Å². The molecule has 0 radical (unpaired) electrons. The van der Waals surface area contributed by atoms with E-state index >= 15 is 8.78 Å². The van der Waals surface area contributed by atoms with Crippen molar-refractivity contribution < 1.29 is 81.8 Å². The van der Waals surface area contributed by atoms with E-state index in [-0.39, 0.29) is 107 Å². The molecule has 0 saturated carbocycles. The molecule has 16 rings (SSSR count). The zero-order chi connectivity index (χ0) is 98.5. The molecule has 7 aromatic heterocycles. The van der Waals surface area contributed by atoms with Crippen LogP contribution in [0.4, 0.5) is 35.9 Å². The third-order valence-corrected chi connectivity index (χ3v) is 23.8. The first-order valence-electron chi connectivity index (χ1n) is 45.0. The number of hydrogen-bond donors (Lipinski definition) is 0. The van der Waals surface area contributed by atoms with E-state index in [1.54, 1.807) is 77.6 Å². The van der Waals surface area contributed by atoms with Crippen LogP contribution in [-0.2, 0) is 79.2 Å². The molecule has 0 bridgehead atoms. The van der Waals surface area contributed by atoms with E-state index in [0.29, 0.717) is 88.3 Å². The van der Waals surface area contributed by atoms with Crippen LogP contribution in [0.5, 0.6) is 17.2 Å². The fraction of sp³-hybridized carbons (Fsp3) is 0.396. The maximum atomic E-state index is 15.3. The molecular formula is C96H111F6N21O12S3. The van der Waals surface area contributed by atoms with Gasteiger partial charge < -0.3 is 38.4 Å². The number of pyridine rings is 2. The van der Waals surface area contributed by atoms with Gasteiger partial charge in [0, 0.05) is 123 Å². The molecule has 42 heteroatoms. The summed E-state index contributed by atoms with van der Waals surface area (Å²) in [4.78, 5) is 67.5. The Kier molecular flexibility index (Phi) is 37.4. The van der Waals surface area contributed by atoms with E-state index in [2.05, 4.69) is 112 Å². The summed E-state index contributed by atoms with van der Waals surface area (Å²) < 4.78 is 145. The van der Waals surface area contributed by atoms with Crippen molar-refractivity contribution in [2.75, 3.05) is 71.8 Å². The Morgan fingerprint density at radius 1 is 0.471 bits per heavy atom. The van der Waals surface area contributed by atoms with Crippen molar-refractivity contribution in [2.24, 2.45) is 0 Å². The van der Waals surface area contributed by atoms with Crippen molar-refractivity contribution in [3.05, 3.63) is 247 Å². The molecule has 0 spiro atoms. The highest BCUT2D eigenvalue weighted by Crippen LogP contribution is 2.37. The van der Waals surface area contributed by atoms with E-state index in [1.165, 1.54) is 49.6 Å². The lowest BCUT2D eigenvalue weighted by Gasteiger charge is -2.35. The van der Waals surface area contributed by atoms with Gasteiger partial charge in [-0.15, -0.1) is 20.4 Å². The van der Waals surface area contributed by atoms with Gasteiger partial charge >= 0.3 is 12.2 Å². The first-order valence-corrected chi connectivity index (χ1v) is 48.6. The van der Waals surface area contributed by atoms with Crippen LogP contribution in [0.2, 0.25) is 0 Å². The number of hydrogen-bond acceptors (Lipinski definition) is 27. The minimum Gasteiger partial charge on any atom is -0.486 e. The minimum absolute atomic E-state index is 0.0187. The molecule has 732 valence electrons. The van der Waals surface area contributed by atoms with Gasteiger partial charge in [0.2, 0.25) is 5.91 Å². The highest BCUT2D eigenvalue weighted by Gasteiger charge is 2.32. The molecule has 33 nitrogen and oxygen atoms in total. The zero-order valence-electron chi connectivity index (χ0n) is 78.3. The van der Waals surface area contributed by atoms with Crippen molar-refractivity contribution in [3.8, 4) is 62.4 Å². The molecule has 2 fully saturated rings. The third kappa shape index (κ3) is 31.4. The summed E-state index contributed by atoms with van der Waals surface area (Å²) in [5.74, 6) is -3.87. The lowest BCUT2D eigenvalue weighted by atomic mass is 10.1. The normalized spacial score (nSPS) is 15.0. The number of rotatable bonds is 29. The highest BCUT2D eigenvalue weighted by atomic mass is 32.2. The Morgan fingerprint density at radius 2 is 0.884 bits per heavy atom. The molecule has 2 aliphatic carbocycles. The number of allylic oxidation sites excluding steroid dienone is 2. The number of thioether (sulfide) groups is 2. The van der Waals surface area contributed by atoms with E-state index in [0.717, 1.165) is 118 Å². The number of aromatic nitrogens is 17. The zero-order valence-corrected chi connectivity index (χ0v) is 80.8.